The van der Waals surface area contributed by atoms with Gasteiger partial charge in [-0.3, -0.25) is 4.90 Å². The minimum absolute atomic E-state index is 0.139. The summed E-state index contributed by atoms with van der Waals surface area (Å²) in [5.74, 6) is -0.629. The Hall–Kier alpha value is -3.80. The lowest BCUT2D eigenvalue weighted by Crippen LogP contribution is -2.49. The van der Waals surface area contributed by atoms with Crippen LogP contribution >= 0.6 is 0 Å². The molecule has 12 heteroatoms. The van der Waals surface area contributed by atoms with Gasteiger partial charge in [-0.1, -0.05) is 11.3 Å². The Morgan fingerprint density at radius 1 is 0.972 bits per heavy atom. The second-order valence-electron chi connectivity index (χ2n) is 8.87. The molecule has 1 aromatic carbocycles. The lowest BCUT2D eigenvalue weighted by atomic mass is 10.1. The molecule has 0 N–H and O–H groups in total. The molecule has 5 rings (SSSR count). The lowest BCUT2D eigenvalue weighted by molar-refractivity contribution is 0.116. The number of nitrogens with zero attached hydrogens (tertiary/aromatic N) is 8. The highest BCUT2D eigenvalue weighted by atomic mass is 19.3. The number of alkyl halides is 2. The van der Waals surface area contributed by atoms with E-state index in [4.69, 9.17) is 4.42 Å². The zero-order chi connectivity index (χ0) is 25.2. The van der Waals surface area contributed by atoms with Gasteiger partial charge in [-0.15, -0.1) is 15.3 Å². The minimum atomic E-state index is -2.89. The van der Waals surface area contributed by atoms with Crippen molar-refractivity contribution in [1.82, 2.24) is 35.1 Å². The molecule has 0 amide bonds. The fourth-order valence-corrected chi connectivity index (χ4v) is 4.15. The van der Waals surface area contributed by atoms with Gasteiger partial charge in [0.1, 0.15) is 17.3 Å². The number of halogens is 3. The molecule has 4 heterocycles. The molecule has 3 aromatic heterocycles. The van der Waals surface area contributed by atoms with E-state index >= 15 is 0 Å². The van der Waals surface area contributed by atoms with Crippen LogP contribution in [-0.4, -0.2) is 67.3 Å². The highest BCUT2D eigenvalue weighted by Crippen LogP contribution is 2.26. The summed E-state index contributed by atoms with van der Waals surface area (Å²) in [6.07, 6.45) is 0.618. The number of pyridine rings is 1. The third-order valence-corrected chi connectivity index (χ3v) is 6.21. The predicted molar refractivity (Wildman–Crippen MR) is 126 cm³/mol. The largest absolute Gasteiger partial charge is 0.415 e. The maximum Gasteiger partial charge on any atom is 0.314 e. The fourth-order valence-electron chi connectivity index (χ4n) is 4.15. The van der Waals surface area contributed by atoms with Crippen LogP contribution in [0.25, 0.3) is 22.7 Å². The molecule has 0 aliphatic carbocycles. The Labute approximate surface area is 205 Å². The Balaban J connectivity index is 1.28. The van der Waals surface area contributed by atoms with E-state index in [1.54, 1.807) is 12.4 Å². The van der Waals surface area contributed by atoms with E-state index < -0.39 is 18.1 Å². The van der Waals surface area contributed by atoms with Crippen LogP contribution in [0.2, 0.25) is 0 Å². The van der Waals surface area contributed by atoms with Gasteiger partial charge in [0.2, 0.25) is 5.89 Å². The summed E-state index contributed by atoms with van der Waals surface area (Å²) >= 11 is 0. The van der Waals surface area contributed by atoms with Gasteiger partial charge in [0.05, 0.1) is 12.7 Å². The number of benzene rings is 1. The first-order valence-corrected chi connectivity index (χ1v) is 11.6. The molecule has 0 atom stereocenters. The summed E-state index contributed by atoms with van der Waals surface area (Å²) in [6, 6.07) is 8.62. The summed E-state index contributed by atoms with van der Waals surface area (Å²) in [5.41, 5.74) is 2.09. The van der Waals surface area contributed by atoms with Crippen molar-refractivity contribution in [1.29, 1.82) is 0 Å². The highest BCUT2D eigenvalue weighted by Gasteiger charge is 2.21. The maximum absolute atomic E-state index is 14.7. The van der Waals surface area contributed by atoms with Crippen molar-refractivity contribution < 1.29 is 17.6 Å². The zero-order valence-corrected chi connectivity index (χ0v) is 19.9. The molecule has 9 nitrogen and oxygen atoms in total. The molecule has 4 aromatic rings. The number of rotatable bonds is 7. The molecule has 1 aliphatic rings. The number of hydrogen-bond donors (Lipinski definition) is 0. The van der Waals surface area contributed by atoms with Crippen LogP contribution in [0.1, 0.15) is 31.7 Å². The van der Waals surface area contributed by atoms with Crippen molar-refractivity contribution >= 4 is 5.82 Å². The van der Waals surface area contributed by atoms with E-state index in [-0.39, 0.29) is 18.0 Å². The number of aromatic nitrogens is 6. The number of hydrogen-bond acceptors (Lipinski definition) is 8. The SMILES string of the molecule is CC(C)N1CCN(c2cc(-c3cn(Cc4ccc(-c5nnc(C(F)F)o5)cc4F)nn3)ccn2)CC1. The molecular weight excluding hydrogens is 473 g/mol. The van der Waals surface area contributed by atoms with E-state index in [0.29, 0.717) is 17.3 Å². The summed E-state index contributed by atoms with van der Waals surface area (Å²) in [7, 11) is 0. The Morgan fingerprint density at radius 3 is 2.47 bits per heavy atom. The van der Waals surface area contributed by atoms with Crippen molar-refractivity contribution in [2.75, 3.05) is 31.1 Å². The lowest BCUT2D eigenvalue weighted by Gasteiger charge is -2.37. The van der Waals surface area contributed by atoms with Crippen molar-refractivity contribution in [3.63, 3.8) is 0 Å². The molecule has 0 unspecified atom stereocenters. The second kappa shape index (κ2) is 10.1. The normalized spacial score (nSPS) is 14.8. The van der Waals surface area contributed by atoms with Crippen molar-refractivity contribution in [2.24, 2.45) is 0 Å². The smallest absolute Gasteiger partial charge is 0.314 e. The first-order valence-electron chi connectivity index (χ1n) is 11.6. The molecule has 0 saturated carbocycles. The Kier molecular flexibility index (Phi) is 6.68. The van der Waals surface area contributed by atoms with E-state index in [0.717, 1.165) is 37.6 Å². The van der Waals surface area contributed by atoms with E-state index in [2.05, 4.69) is 49.1 Å². The molecule has 1 fully saturated rings. The Bertz CT molecular complexity index is 1330. The van der Waals surface area contributed by atoms with Gasteiger partial charge in [-0.25, -0.2) is 14.1 Å². The van der Waals surface area contributed by atoms with Gasteiger partial charge in [0.25, 0.3) is 5.89 Å². The predicted octanol–water partition coefficient (Wildman–Crippen LogP) is 4.05. The number of piperazine rings is 1. The summed E-state index contributed by atoms with van der Waals surface area (Å²) in [5, 5.41) is 15.2. The quantitative estimate of drug-likeness (QED) is 0.377. The van der Waals surface area contributed by atoms with Gasteiger partial charge >= 0.3 is 6.43 Å². The van der Waals surface area contributed by atoms with Crippen LogP contribution in [0.3, 0.4) is 0 Å². The monoisotopic (exact) mass is 498 g/mol. The Morgan fingerprint density at radius 2 is 1.78 bits per heavy atom. The van der Waals surface area contributed by atoms with E-state index in [9.17, 15) is 13.2 Å². The average Bonchev–Trinajstić information content (AvgIpc) is 3.56. The fraction of sp³-hybridized carbons (Fsp3) is 0.375. The molecule has 0 spiro atoms. The average molecular weight is 499 g/mol. The molecule has 1 aliphatic heterocycles. The van der Waals surface area contributed by atoms with Gasteiger partial charge in [-0.2, -0.15) is 8.78 Å². The van der Waals surface area contributed by atoms with Crippen LogP contribution < -0.4 is 4.90 Å². The number of anilines is 1. The van der Waals surface area contributed by atoms with Crippen LogP contribution in [0.4, 0.5) is 19.0 Å². The van der Waals surface area contributed by atoms with Crippen molar-refractivity contribution in [2.45, 2.75) is 32.9 Å². The second-order valence-corrected chi connectivity index (χ2v) is 8.87. The maximum atomic E-state index is 14.7. The van der Waals surface area contributed by atoms with Gasteiger partial charge in [0, 0.05) is 55.1 Å². The molecule has 36 heavy (non-hydrogen) atoms. The van der Waals surface area contributed by atoms with E-state index in [1.807, 2.05) is 12.1 Å². The zero-order valence-electron chi connectivity index (χ0n) is 19.9. The van der Waals surface area contributed by atoms with Crippen LogP contribution in [0.5, 0.6) is 0 Å². The highest BCUT2D eigenvalue weighted by molar-refractivity contribution is 5.62. The molecule has 0 bridgehead atoms. The molecule has 0 radical (unpaired) electrons. The summed E-state index contributed by atoms with van der Waals surface area (Å²) in [4.78, 5) is 9.24. The topological polar surface area (TPSA) is 89.0 Å². The molecule has 188 valence electrons. The van der Waals surface area contributed by atoms with Crippen LogP contribution in [0, 0.1) is 5.82 Å². The standard InChI is InChI=1S/C24H25F3N8O/c1-15(2)33-7-9-34(10-8-33)21-12-16(5-6-28-21)20-14-35(32-29-20)13-18-4-3-17(11-19(18)25)23-30-31-24(36-23)22(26)27/h3-6,11-12,14-15,22H,7-10,13H2,1-2H3. The third kappa shape index (κ3) is 5.08. The van der Waals surface area contributed by atoms with Crippen molar-refractivity contribution in [3.05, 3.63) is 60.0 Å². The van der Waals surface area contributed by atoms with Gasteiger partial charge < -0.3 is 9.32 Å². The van der Waals surface area contributed by atoms with Crippen LogP contribution in [0.15, 0.2) is 47.1 Å². The first kappa shape index (κ1) is 23.9. The summed E-state index contributed by atoms with van der Waals surface area (Å²) < 4.78 is 46.5. The van der Waals surface area contributed by atoms with Crippen LogP contribution in [-0.2, 0) is 6.54 Å². The third-order valence-electron chi connectivity index (χ3n) is 6.21. The van der Waals surface area contributed by atoms with Gasteiger partial charge in [0.15, 0.2) is 0 Å². The van der Waals surface area contributed by atoms with E-state index in [1.165, 1.54) is 22.9 Å². The van der Waals surface area contributed by atoms with Gasteiger partial charge in [-0.05, 0) is 38.1 Å². The van der Waals surface area contributed by atoms with Crippen molar-refractivity contribution in [3.8, 4) is 22.7 Å². The first-order chi connectivity index (χ1) is 17.4. The minimum Gasteiger partial charge on any atom is -0.415 e. The summed E-state index contributed by atoms with van der Waals surface area (Å²) in [6.45, 7) is 8.34. The molecule has 1 saturated heterocycles. The molecular formula is C24H25F3N8O.